The lowest BCUT2D eigenvalue weighted by Crippen LogP contribution is -2.31. The molecule has 0 saturated heterocycles. The van der Waals surface area contributed by atoms with Crippen molar-refractivity contribution < 1.29 is 5.11 Å². The number of nitrogens with one attached hydrogen (secondary N) is 1. The molecule has 2 heterocycles. The highest BCUT2D eigenvalue weighted by molar-refractivity contribution is 5.18. The summed E-state index contributed by atoms with van der Waals surface area (Å²) in [7, 11) is 0. The van der Waals surface area contributed by atoms with Crippen LogP contribution in [0.5, 0.6) is 0 Å². The first kappa shape index (κ1) is 8.97. The lowest BCUT2D eigenvalue weighted by Gasteiger charge is -2.21. The van der Waals surface area contributed by atoms with E-state index in [0.29, 0.717) is 5.69 Å². The van der Waals surface area contributed by atoms with E-state index < -0.39 is 6.10 Å². The van der Waals surface area contributed by atoms with Crippen molar-refractivity contribution in [2.24, 2.45) is 0 Å². The summed E-state index contributed by atoms with van der Waals surface area (Å²) in [5.74, 6) is 0. The van der Waals surface area contributed by atoms with Gasteiger partial charge in [0.25, 0.3) is 0 Å². The number of aliphatic hydroxyl groups is 1. The number of allylic oxidation sites excluding steroid dienone is 2. The molecule has 3 heteroatoms. The highest BCUT2D eigenvalue weighted by atomic mass is 16.3. The molecule has 2 atom stereocenters. The number of nitrogens with zero attached hydrogens (tertiary/aromatic N) is 1. The molecule has 0 spiro atoms. The molecule has 2 rings (SSSR count). The summed E-state index contributed by atoms with van der Waals surface area (Å²) < 4.78 is 0. The largest absolute Gasteiger partial charge is 0.384 e. The predicted molar refractivity (Wildman–Crippen MR) is 54.4 cm³/mol. The van der Waals surface area contributed by atoms with Crippen LogP contribution in [0.4, 0.5) is 0 Å². The van der Waals surface area contributed by atoms with Gasteiger partial charge in [0.05, 0.1) is 11.7 Å². The minimum Gasteiger partial charge on any atom is -0.384 e. The SMILES string of the molecule is OC(c1ccccn1)C1C=CC=CN1. The summed E-state index contributed by atoms with van der Waals surface area (Å²) in [6, 6.07) is 5.43. The summed E-state index contributed by atoms with van der Waals surface area (Å²) in [5.41, 5.74) is 0.685. The van der Waals surface area contributed by atoms with Gasteiger partial charge in [-0.2, -0.15) is 0 Å². The topological polar surface area (TPSA) is 45.2 Å². The van der Waals surface area contributed by atoms with Crippen molar-refractivity contribution in [3.8, 4) is 0 Å². The van der Waals surface area contributed by atoms with Gasteiger partial charge in [-0.05, 0) is 24.4 Å². The van der Waals surface area contributed by atoms with Gasteiger partial charge in [0.2, 0.25) is 0 Å². The lowest BCUT2D eigenvalue weighted by atomic mass is 10.1. The molecule has 0 aliphatic carbocycles. The zero-order valence-corrected chi connectivity index (χ0v) is 7.67. The highest BCUT2D eigenvalue weighted by Gasteiger charge is 2.18. The zero-order chi connectivity index (χ0) is 9.80. The zero-order valence-electron chi connectivity index (χ0n) is 7.67. The molecule has 0 fully saturated rings. The van der Waals surface area contributed by atoms with Crippen molar-refractivity contribution in [3.05, 3.63) is 54.5 Å². The average molecular weight is 188 g/mol. The first-order valence-corrected chi connectivity index (χ1v) is 4.56. The Labute approximate surface area is 82.8 Å². The standard InChI is InChI=1S/C11H12N2O/c14-11(9-5-1-3-7-12-9)10-6-2-4-8-13-10/h1-9,11-12,14H. The second kappa shape index (κ2) is 4.07. The van der Waals surface area contributed by atoms with Gasteiger partial charge in [-0.1, -0.05) is 18.2 Å². The van der Waals surface area contributed by atoms with Crippen molar-refractivity contribution in [1.29, 1.82) is 0 Å². The lowest BCUT2D eigenvalue weighted by molar-refractivity contribution is 0.148. The molecule has 72 valence electrons. The van der Waals surface area contributed by atoms with Crippen LogP contribution < -0.4 is 5.32 Å². The van der Waals surface area contributed by atoms with Gasteiger partial charge in [0, 0.05) is 6.20 Å². The quantitative estimate of drug-likeness (QED) is 0.732. The maximum absolute atomic E-state index is 9.94. The van der Waals surface area contributed by atoms with E-state index in [1.165, 1.54) is 0 Å². The molecule has 3 nitrogen and oxygen atoms in total. The van der Waals surface area contributed by atoms with Crippen LogP contribution in [0.2, 0.25) is 0 Å². The second-order valence-corrected chi connectivity index (χ2v) is 3.14. The first-order chi connectivity index (χ1) is 6.88. The van der Waals surface area contributed by atoms with Gasteiger partial charge in [0.15, 0.2) is 0 Å². The van der Waals surface area contributed by atoms with E-state index in [4.69, 9.17) is 0 Å². The van der Waals surface area contributed by atoms with Crippen molar-refractivity contribution in [2.45, 2.75) is 12.1 Å². The van der Waals surface area contributed by atoms with E-state index in [9.17, 15) is 5.11 Å². The number of aliphatic hydroxyl groups excluding tert-OH is 1. The Kier molecular flexibility index (Phi) is 2.60. The van der Waals surface area contributed by atoms with Crippen LogP contribution in [-0.4, -0.2) is 16.1 Å². The highest BCUT2D eigenvalue weighted by Crippen LogP contribution is 2.16. The van der Waals surface area contributed by atoms with Crippen molar-refractivity contribution in [3.63, 3.8) is 0 Å². The number of hydrogen-bond acceptors (Lipinski definition) is 3. The summed E-state index contributed by atoms with van der Waals surface area (Å²) in [6.07, 6.45) is 8.61. The first-order valence-electron chi connectivity index (χ1n) is 4.56. The summed E-state index contributed by atoms with van der Waals surface area (Å²) in [5, 5.41) is 13.0. The monoisotopic (exact) mass is 188 g/mol. The second-order valence-electron chi connectivity index (χ2n) is 3.14. The normalized spacial score (nSPS) is 21.6. The van der Waals surface area contributed by atoms with Crippen LogP contribution in [0.25, 0.3) is 0 Å². The summed E-state index contributed by atoms with van der Waals surface area (Å²) in [4.78, 5) is 4.11. The maximum atomic E-state index is 9.94. The fourth-order valence-corrected chi connectivity index (χ4v) is 1.39. The molecule has 1 aliphatic heterocycles. The fraction of sp³-hybridized carbons (Fsp3) is 0.182. The van der Waals surface area contributed by atoms with E-state index in [1.54, 1.807) is 6.20 Å². The van der Waals surface area contributed by atoms with Crippen molar-refractivity contribution in [1.82, 2.24) is 10.3 Å². The molecule has 2 N–H and O–H groups in total. The third-order valence-electron chi connectivity index (χ3n) is 2.15. The number of hydrogen-bond donors (Lipinski definition) is 2. The predicted octanol–water partition coefficient (Wildman–Crippen LogP) is 1.16. The van der Waals surface area contributed by atoms with E-state index in [1.807, 2.05) is 42.6 Å². The van der Waals surface area contributed by atoms with E-state index in [-0.39, 0.29) is 6.04 Å². The maximum Gasteiger partial charge on any atom is 0.120 e. The Morgan fingerprint density at radius 3 is 2.93 bits per heavy atom. The van der Waals surface area contributed by atoms with E-state index in [0.717, 1.165) is 0 Å². The van der Waals surface area contributed by atoms with Crippen LogP contribution in [0.1, 0.15) is 11.8 Å². The Balaban J connectivity index is 2.12. The Morgan fingerprint density at radius 2 is 2.29 bits per heavy atom. The van der Waals surface area contributed by atoms with Gasteiger partial charge < -0.3 is 10.4 Å². The molecule has 0 aromatic carbocycles. The Morgan fingerprint density at radius 1 is 1.36 bits per heavy atom. The molecule has 1 aromatic rings. The Hall–Kier alpha value is -1.61. The van der Waals surface area contributed by atoms with Crippen molar-refractivity contribution in [2.75, 3.05) is 0 Å². The molecular weight excluding hydrogens is 176 g/mol. The third kappa shape index (κ3) is 1.83. The molecule has 0 amide bonds. The van der Waals surface area contributed by atoms with Crippen LogP contribution in [0.3, 0.4) is 0 Å². The minimum absolute atomic E-state index is 0.0881. The molecule has 2 unspecified atom stereocenters. The smallest absolute Gasteiger partial charge is 0.120 e. The molecular formula is C11H12N2O. The number of aromatic nitrogens is 1. The molecule has 14 heavy (non-hydrogen) atoms. The molecule has 0 bridgehead atoms. The summed E-state index contributed by atoms with van der Waals surface area (Å²) >= 11 is 0. The number of rotatable bonds is 2. The average Bonchev–Trinajstić information content (AvgIpc) is 2.30. The van der Waals surface area contributed by atoms with Gasteiger partial charge in [-0.25, -0.2) is 0 Å². The van der Waals surface area contributed by atoms with Crippen LogP contribution in [0, 0.1) is 0 Å². The fourth-order valence-electron chi connectivity index (χ4n) is 1.39. The van der Waals surface area contributed by atoms with Crippen LogP contribution in [0.15, 0.2) is 48.8 Å². The van der Waals surface area contributed by atoms with Crippen molar-refractivity contribution >= 4 is 0 Å². The van der Waals surface area contributed by atoms with Crippen LogP contribution >= 0.6 is 0 Å². The van der Waals surface area contributed by atoms with Gasteiger partial charge in [0.1, 0.15) is 6.10 Å². The Bertz CT molecular complexity index is 346. The van der Waals surface area contributed by atoms with Gasteiger partial charge in [-0.3, -0.25) is 4.98 Å². The van der Waals surface area contributed by atoms with Gasteiger partial charge in [-0.15, -0.1) is 0 Å². The van der Waals surface area contributed by atoms with E-state index in [2.05, 4.69) is 10.3 Å². The number of pyridine rings is 1. The molecule has 1 aliphatic rings. The van der Waals surface area contributed by atoms with Gasteiger partial charge >= 0.3 is 0 Å². The number of dihydropyridines is 1. The molecule has 1 aromatic heterocycles. The third-order valence-corrected chi connectivity index (χ3v) is 2.15. The van der Waals surface area contributed by atoms with Crippen LogP contribution in [-0.2, 0) is 0 Å². The van der Waals surface area contributed by atoms with E-state index >= 15 is 0 Å². The molecule has 0 radical (unpaired) electrons. The molecule has 0 saturated carbocycles. The summed E-state index contributed by atoms with van der Waals surface area (Å²) in [6.45, 7) is 0. The minimum atomic E-state index is -0.600.